The molecule has 3 N–H and O–H groups in total. The molecule has 0 spiro atoms. The van der Waals surface area contributed by atoms with Gasteiger partial charge in [0.15, 0.2) is 0 Å². The van der Waals surface area contributed by atoms with Gasteiger partial charge < -0.3 is 11.1 Å². The van der Waals surface area contributed by atoms with Crippen LogP contribution < -0.4 is 11.1 Å². The van der Waals surface area contributed by atoms with Crippen molar-refractivity contribution < 1.29 is 4.79 Å². The van der Waals surface area contributed by atoms with Crippen molar-refractivity contribution in [1.29, 1.82) is 0 Å². The minimum absolute atomic E-state index is 0.0255. The number of carbonyl (C=O) groups excluding carboxylic acids is 1. The summed E-state index contributed by atoms with van der Waals surface area (Å²) in [5.74, 6) is 0.0255. The molecule has 0 aromatic carbocycles. The summed E-state index contributed by atoms with van der Waals surface area (Å²) in [5, 5.41) is 2.66. The number of halogens is 1. The van der Waals surface area contributed by atoms with Gasteiger partial charge in [-0.15, -0.1) is 11.3 Å². The highest BCUT2D eigenvalue weighted by Crippen LogP contribution is 2.30. The fourth-order valence-electron chi connectivity index (χ4n) is 1.85. The van der Waals surface area contributed by atoms with Gasteiger partial charge in [-0.05, 0) is 41.0 Å². The molecule has 1 heterocycles. The Morgan fingerprint density at radius 1 is 1.61 bits per heavy atom. The third-order valence-electron chi connectivity index (χ3n) is 2.72. The second kappa shape index (κ2) is 7.89. The third-order valence-corrected chi connectivity index (χ3v) is 4.45. The molecule has 1 amide bonds. The van der Waals surface area contributed by atoms with Gasteiger partial charge in [0.2, 0.25) is 5.91 Å². The standard InChI is InChI=1S/C12H20BrN3OS/c1-3-6-16(8-12(17)15-2)9(7-14)10-4-5-11(13)18-10/h4-5,9H,3,6-8,14H2,1-2H3,(H,15,17). The molecule has 0 saturated carbocycles. The summed E-state index contributed by atoms with van der Waals surface area (Å²) in [4.78, 5) is 14.9. The summed E-state index contributed by atoms with van der Waals surface area (Å²) in [6.45, 7) is 3.88. The van der Waals surface area contributed by atoms with Crippen LogP contribution in [0.2, 0.25) is 0 Å². The van der Waals surface area contributed by atoms with Gasteiger partial charge in [-0.2, -0.15) is 0 Å². The van der Waals surface area contributed by atoms with Crippen LogP contribution in [0.15, 0.2) is 15.9 Å². The molecule has 18 heavy (non-hydrogen) atoms. The van der Waals surface area contributed by atoms with Crippen molar-refractivity contribution in [2.45, 2.75) is 19.4 Å². The quantitative estimate of drug-likeness (QED) is 0.802. The van der Waals surface area contributed by atoms with Crippen molar-refractivity contribution >= 4 is 33.2 Å². The Kier molecular flexibility index (Phi) is 6.85. The zero-order valence-electron chi connectivity index (χ0n) is 10.8. The van der Waals surface area contributed by atoms with Crippen LogP contribution in [0.5, 0.6) is 0 Å². The number of hydrogen-bond donors (Lipinski definition) is 2. The number of carbonyl (C=O) groups is 1. The molecule has 0 aliphatic carbocycles. The summed E-state index contributed by atoms with van der Waals surface area (Å²) in [5.41, 5.74) is 5.88. The number of hydrogen-bond acceptors (Lipinski definition) is 4. The first-order valence-corrected chi connectivity index (χ1v) is 7.63. The Balaban J connectivity index is 2.83. The molecule has 1 unspecified atom stereocenters. The fourth-order valence-corrected chi connectivity index (χ4v) is 3.42. The molecule has 0 radical (unpaired) electrons. The summed E-state index contributed by atoms with van der Waals surface area (Å²) in [6, 6.07) is 4.20. The average molecular weight is 334 g/mol. The molecule has 4 nitrogen and oxygen atoms in total. The summed E-state index contributed by atoms with van der Waals surface area (Å²) < 4.78 is 1.09. The van der Waals surface area contributed by atoms with Crippen LogP contribution in [-0.4, -0.2) is 37.5 Å². The van der Waals surface area contributed by atoms with E-state index in [1.54, 1.807) is 18.4 Å². The smallest absolute Gasteiger partial charge is 0.233 e. The maximum Gasteiger partial charge on any atom is 0.233 e. The first-order chi connectivity index (χ1) is 8.62. The van der Waals surface area contributed by atoms with E-state index in [9.17, 15) is 4.79 Å². The van der Waals surface area contributed by atoms with E-state index in [0.29, 0.717) is 13.1 Å². The molecule has 102 valence electrons. The first kappa shape index (κ1) is 15.6. The zero-order valence-corrected chi connectivity index (χ0v) is 13.2. The minimum atomic E-state index is 0.0255. The average Bonchev–Trinajstić information content (AvgIpc) is 2.76. The summed E-state index contributed by atoms with van der Waals surface area (Å²) >= 11 is 5.13. The number of likely N-dealkylation sites (N-methyl/N-ethyl adjacent to an activating group) is 1. The Hall–Kier alpha value is -0.430. The Labute approximate surface area is 121 Å². The molecule has 0 aliphatic rings. The highest BCUT2D eigenvalue weighted by atomic mass is 79.9. The SMILES string of the molecule is CCCN(CC(=O)NC)C(CN)c1ccc(Br)s1. The van der Waals surface area contributed by atoms with E-state index >= 15 is 0 Å². The zero-order chi connectivity index (χ0) is 13.5. The van der Waals surface area contributed by atoms with Crippen LogP contribution in [-0.2, 0) is 4.79 Å². The number of nitrogens with two attached hydrogens (primary N) is 1. The minimum Gasteiger partial charge on any atom is -0.358 e. The lowest BCUT2D eigenvalue weighted by Gasteiger charge is -2.29. The highest BCUT2D eigenvalue weighted by Gasteiger charge is 2.21. The molecule has 1 aromatic rings. The van der Waals surface area contributed by atoms with Gasteiger partial charge in [0.1, 0.15) is 0 Å². The van der Waals surface area contributed by atoms with E-state index in [0.717, 1.165) is 16.8 Å². The van der Waals surface area contributed by atoms with Crippen LogP contribution in [0.1, 0.15) is 24.3 Å². The lowest BCUT2D eigenvalue weighted by atomic mass is 10.2. The van der Waals surface area contributed by atoms with Gasteiger partial charge >= 0.3 is 0 Å². The van der Waals surface area contributed by atoms with E-state index in [4.69, 9.17) is 5.73 Å². The molecule has 6 heteroatoms. The number of nitrogens with one attached hydrogen (secondary N) is 1. The van der Waals surface area contributed by atoms with E-state index in [1.165, 1.54) is 4.88 Å². The van der Waals surface area contributed by atoms with Crippen molar-refractivity contribution in [3.63, 3.8) is 0 Å². The van der Waals surface area contributed by atoms with Gasteiger partial charge in [-0.1, -0.05) is 6.92 Å². The number of rotatable bonds is 7. The van der Waals surface area contributed by atoms with Gasteiger partial charge in [0, 0.05) is 18.5 Å². The van der Waals surface area contributed by atoms with E-state index < -0.39 is 0 Å². The molecular formula is C12H20BrN3OS. The van der Waals surface area contributed by atoms with Gasteiger partial charge in [-0.25, -0.2) is 0 Å². The van der Waals surface area contributed by atoms with Crippen molar-refractivity contribution in [2.24, 2.45) is 5.73 Å². The number of thiophene rings is 1. The van der Waals surface area contributed by atoms with Crippen LogP contribution in [0.3, 0.4) is 0 Å². The van der Waals surface area contributed by atoms with Gasteiger partial charge in [0.25, 0.3) is 0 Å². The van der Waals surface area contributed by atoms with Gasteiger partial charge in [-0.3, -0.25) is 9.69 Å². The van der Waals surface area contributed by atoms with Crippen molar-refractivity contribution in [2.75, 3.05) is 26.7 Å². The van der Waals surface area contributed by atoms with E-state index in [2.05, 4.69) is 39.1 Å². The largest absolute Gasteiger partial charge is 0.358 e. The Morgan fingerprint density at radius 2 is 2.33 bits per heavy atom. The van der Waals surface area contributed by atoms with Gasteiger partial charge in [0.05, 0.1) is 16.4 Å². The molecule has 1 rings (SSSR count). The first-order valence-electron chi connectivity index (χ1n) is 6.02. The molecular weight excluding hydrogens is 314 g/mol. The predicted molar refractivity (Wildman–Crippen MR) is 79.7 cm³/mol. The lowest BCUT2D eigenvalue weighted by molar-refractivity contribution is -0.122. The Morgan fingerprint density at radius 3 is 2.78 bits per heavy atom. The number of amides is 1. The van der Waals surface area contributed by atoms with E-state index in [1.807, 2.05) is 6.07 Å². The van der Waals surface area contributed by atoms with E-state index in [-0.39, 0.29) is 11.9 Å². The van der Waals surface area contributed by atoms with Crippen LogP contribution >= 0.6 is 27.3 Å². The van der Waals surface area contributed by atoms with Crippen molar-refractivity contribution in [3.05, 3.63) is 20.8 Å². The molecule has 0 aliphatic heterocycles. The third kappa shape index (κ3) is 4.35. The monoisotopic (exact) mass is 333 g/mol. The normalized spacial score (nSPS) is 12.7. The second-order valence-electron chi connectivity index (χ2n) is 4.04. The highest BCUT2D eigenvalue weighted by molar-refractivity contribution is 9.11. The maximum atomic E-state index is 11.6. The lowest BCUT2D eigenvalue weighted by Crippen LogP contribution is -2.40. The van der Waals surface area contributed by atoms with Crippen molar-refractivity contribution in [1.82, 2.24) is 10.2 Å². The fraction of sp³-hybridized carbons (Fsp3) is 0.583. The topological polar surface area (TPSA) is 58.4 Å². The van der Waals surface area contributed by atoms with Crippen LogP contribution in [0, 0.1) is 0 Å². The van der Waals surface area contributed by atoms with Crippen LogP contribution in [0.4, 0.5) is 0 Å². The summed E-state index contributed by atoms with van der Waals surface area (Å²) in [7, 11) is 1.66. The molecule has 0 bridgehead atoms. The molecule has 1 atom stereocenters. The Bertz CT molecular complexity index is 383. The maximum absolute atomic E-state index is 11.6. The second-order valence-corrected chi connectivity index (χ2v) is 6.53. The molecule has 0 fully saturated rings. The summed E-state index contributed by atoms with van der Waals surface area (Å²) in [6.07, 6.45) is 1.00. The van der Waals surface area contributed by atoms with Crippen molar-refractivity contribution in [3.8, 4) is 0 Å². The number of nitrogens with zero attached hydrogens (tertiary/aromatic N) is 1. The van der Waals surface area contributed by atoms with Crippen LogP contribution in [0.25, 0.3) is 0 Å². The molecule has 1 aromatic heterocycles. The molecule has 0 saturated heterocycles. The predicted octanol–water partition coefficient (Wildman–Crippen LogP) is 1.97.